The van der Waals surface area contributed by atoms with Crippen LogP contribution in [0.25, 0.3) is 0 Å². The van der Waals surface area contributed by atoms with Crippen LogP contribution in [0.3, 0.4) is 0 Å². The van der Waals surface area contributed by atoms with Gasteiger partial charge in [-0.25, -0.2) is 0 Å². The van der Waals surface area contributed by atoms with Gasteiger partial charge in [0.25, 0.3) is 0 Å². The van der Waals surface area contributed by atoms with E-state index in [0.29, 0.717) is 0 Å². The van der Waals surface area contributed by atoms with E-state index in [1.54, 1.807) is 0 Å². The van der Waals surface area contributed by atoms with Gasteiger partial charge < -0.3 is 0 Å². The minimum absolute atomic E-state index is 0. The van der Waals surface area contributed by atoms with Crippen LogP contribution in [-0.4, -0.2) is 0 Å². The topological polar surface area (TPSA) is 0 Å². The molecule has 0 aromatic heterocycles. The van der Waals surface area contributed by atoms with Crippen molar-refractivity contribution in [3.8, 4) is 0 Å². The molecule has 1 aliphatic carbocycles. The van der Waals surface area contributed by atoms with Crippen LogP contribution in [0.4, 0.5) is 0 Å². The third-order valence-corrected chi connectivity index (χ3v) is 3.08. The Kier molecular flexibility index (Phi) is 3.44. The second-order valence-electron chi connectivity index (χ2n) is 4.04. The van der Waals surface area contributed by atoms with Gasteiger partial charge in [-0.2, -0.15) is 0 Å². The van der Waals surface area contributed by atoms with Crippen LogP contribution in [-0.2, 0) is 12.8 Å². The second-order valence-corrected chi connectivity index (χ2v) is 4.04. The molecule has 0 radical (unpaired) electrons. The molecule has 0 nitrogen and oxygen atoms in total. The van der Waals surface area contributed by atoms with Gasteiger partial charge in [0.05, 0.1) is 0 Å². The Hall–Kier alpha value is -1.09. The quantitative estimate of drug-likeness (QED) is 0.426. The van der Waals surface area contributed by atoms with Crippen LogP contribution in [0.1, 0.15) is 22.3 Å². The van der Waals surface area contributed by atoms with Gasteiger partial charge in [-0.15, -0.1) is 40.8 Å². The van der Waals surface area contributed by atoms with Crippen molar-refractivity contribution in [3.63, 3.8) is 0 Å². The number of rotatable bonds is 0. The molecule has 0 saturated heterocycles. The fourth-order valence-electron chi connectivity index (χ4n) is 2.24. The fourth-order valence-corrected chi connectivity index (χ4v) is 2.24. The second kappa shape index (κ2) is 4.83. The zero-order valence-electron chi connectivity index (χ0n) is 9.61. The van der Waals surface area contributed by atoms with Gasteiger partial charge in [-0.1, -0.05) is 49.2 Å². The van der Waals surface area contributed by atoms with E-state index in [9.17, 15) is 0 Å². The molecule has 74 valence electrons. The SMILES string of the molecule is [Li+].c1ccc2c(c1)[CH-]c1ccccc1CC2. The van der Waals surface area contributed by atoms with Crippen LogP contribution in [0.15, 0.2) is 48.5 Å². The number of aryl methyl sites for hydroxylation is 2. The Morgan fingerprint density at radius 1 is 0.688 bits per heavy atom. The largest absolute Gasteiger partial charge is 1.00 e. The number of hydrogen-bond donors (Lipinski definition) is 0. The summed E-state index contributed by atoms with van der Waals surface area (Å²) in [7, 11) is 0. The number of fused-ring (bicyclic) bond motifs is 2. The maximum atomic E-state index is 2.30. The third kappa shape index (κ3) is 2.05. The summed E-state index contributed by atoms with van der Waals surface area (Å²) in [6.45, 7) is 0. The van der Waals surface area contributed by atoms with Gasteiger partial charge in [0.1, 0.15) is 0 Å². The van der Waals surface area contributed by atoms with Crippen LogP contribution in [0, 0.1) is 6.42 Å². The first kappa shape index (κ1) is 11.4. The molecule has 0 saturated carbocycles. The summed E-state index contributed by atoms with van der Waals surface area (Å²) in [4.78, 5) is 0. The van der Waals surface area contributed by atoms with Crippen molar-refractivity contribution >= 4 is 0 Å². The van der Waals surface area contributed by atoms with Crippen LogP contribution in [0.5, 0.6) is 0 Å². The first-order valence-electron chi connectivity index (χ1n) is 5.44. The van der Waals surface area contributed by atoms with Gasteiger partial charge in [-0.3, -0.25) is 0 Å². The zero-order chi connectivity index (χ0) is 10.1. The predicted molar refractivity (Wildman–Crippen MR) is 62.8 cm³/mol. The van der Waals surface area contributed by atoms with Crippen LogP contribution < -0.4 is 18.9 Å². The van der Waals surface area contributed by atoms with Gasteiger partial charge in [-0.05, 0) is 0 Å². The maximum Gasteiger partial charge on any atom is 1.00 e. The van der Waals surface area contributed by atoms with E-state index < -0.39 is 0 Å². The van der Waals surface area contributed by atoms with Gasteiger partial charge in [0.2, 0.25) is 0 Å². The molecule has 0 fully saturated rings. The molecular formula is C15H13Li. The average molecular weight is 200 g/mol. The summed E-state index contributed by atoms with van der Waals surface area (Å²) in [5.41, 5.74) is 5.69. The van der Waals surface area contributed by atoms with Crippen molar-refractivity contribution in [1.82, 2.24) is 0 Å². The van der Waals surface area contributed by atoms with Crippen molar-refractivity contribution in [1.29, 1.82) is 0 Å². The van der Waals surface area contributed by atoms with Gasteiger partial charge >= 0.3 is 18.9 Å². The monoisotopic (exact) mass is 200 g/mol. The molecule has 16 heavy (non-hydrogen) atoms. The molecule has 1 aliphatic rings. The molecule has 2 aromatic rings. The molecule has 0 atom stereocenters. The third-order valence-electron chi connectivity index (χ3n) is 3.08. The Balaban J connectivity index is 0.000000963. The van der Waals surface area contributed by atoms with Crippen molar-refractivity contribution < 1.29 is 18.9 Å². The first-order valence-corrected chi connectivity index (χ1v) is 5.44. The average Bonchev–Trinajstić information content (AvgIpc) is 2.48. The minimum Gasteiger partial charge on any atom is -0.126 e. The summed E-state index contributed by atoms with van der Waals surface area (Å²) in [6.07, 6.45) is 4.62. The normalized spacial score (nSPS) is 12.5. The predicted octanol–water partition coefficient (Wildman–Crippen LogP) is 0.390. The standard InChI is InChI=1S/C15H13.Li/c1-3-7-14-11-15-8-4-2-6-13(15)10-9-12(14)5-1;/h1-8,11H,9-10H2;/q-1;+1. The Bertz CT molecular complexity index is 443. The Morgan fingerprint density at radius 3 is 1.62 bits per heavy atom. The van der Waals surface area contributed by atoms with Gasteiger partial charge in [0.15, 0.2) is 0 Å². The van der Waals surface area contributed by atoms with Crippen LogP contribution in [0.2, 0.25) is 0 Å². The van der Waals surface area contributed by atoms with Crippen molar-refractivity contribution in [3.05, 3.63) is 77.2 Å². The molecule has 0 unspecified atom stereocenters. The number of benzene rings is 2. The molecule has 0 bridgehead atoms. The van der Waals surface area contributed by atoms with E-state index in [2.05, 4.69) is 55.0 Å². The van der Waals surface area contributed by atoms with E-state index in [4.69, 9.17) is 0 Å². The molecule has 0 aliphatic heterocycles. The van der Waals surface area contributed by atoms with Gasteiger partial charge in [0, 0.05) is 0 Å². The van der Waals surface area contributed by atoms with E-state index in [1.807, 2.05) is 0 Å². The van der Waals surface area contributed by atoms with E-state index >= 15 is 0 Å². The fraction of sp³-hybridized carbons (Fsp3) is 0.133. The van der Waals surface area contributed by atoms with Crippen LogP contribution >= 0.6 is 0 Å². The van der Waals surface area contributed by atoms with Crippen molar-refractivity contribution in [2.75, 3.05) is 0 Å². The van der Waals surface area contributed by atoms with Crippen molar-refractivity contribution in [2.45, 2.75) is 12.8 Å². The molecule has 3 rings (SSSR count). The molecule has 0 heterocycles. The number of hydrogen-bond acceptors (Lipinski definition) is 0. The Labute approximate surface area is 109 Å². The van der Waals surface area contributed by atoms with E-state index in [0.717, 1.165) is 12.8 Å². The van der Waals surface area contributed by atoms with Crippen molar-refractivity contribution in [2.24, 2.45) is 0 Å². The molecular weight excluding hydrogens is 187 g/mol. The molecule has 0 N–H and O–H groups in total. The summed E-state index contributed by atoms with van der Waals surface area (Å²) in [6, 6.07) is 17.4. The smallest absolute Gasteiger partial charge is 0.126 e. The minimum atomic E-state index is 0. The molecule has 0 amide bonds. The summed E-state index contributed by atoms with van der Waals surface area (Å²) in [5, 5.41) is 0. The zero-order valence-corrected chi connectivity index (χ0v) is 9.61. The summed E-state index contributed by atoms with van der Waals surface area (Å²) in [5.74, 6) is 0. The molecule has 1 heteroatoms. The van der Waals surface area contributed by atoms with E-state index in [1.165, 1.54) is 22.3 Å². The first-order chi connectivity index (χ1) is 7.43. The molecule has 0 spiro atoms. The van der Waals surface area contributed by atoms with E-state index in [-0.39, 0.29) is 18.9 Å². The Morgan fingerprint density at radius 2 is 1.12 bits per heavy atom. The molecule has 2 aromatic carbocycles. The summed E-state index contributed by atoms with van der Waals surface area (Å²) < 4.78 is 0. The maximum absolute atomic E-state index is 2.30. The summed E-state index contributed by atoms with van der Waals surface area (Å²) >= 11 is 0.